The highest BCUT2D eigenvalue weighted by Crippen LogP contribution is 2.48. The van der Waals surface area contributed by atoms with Gasteiger partial charge in [-0.1, -0.05) is 62.4 Å². The van der Waals surface area contributed by atoms with E-state index in [4.69, 9.17) is 4.74 Å². The van der Waals surface area contributed by atoms with Gasteiger partial charge in [0.15, 0.2) is 12.3 Å². The molecule has 0 spiro atoms. The van der Waals surface area contributed by atoms with Crippen LogP contribution in [0.15, 0.2) is 84.6 Å². The lowest BCUT2D eigenvalue weighted by molar-refractivity contribution is -0.463. The number of hydrogen-bond acceptors (Lipinski definition) is 2. The summed E-state index contributed by atoms with van der Waals surface area (Å²) in [5, 5.41) is 0. The van der Waals surface area contributed by atoms with E-state index in [1.807, 2.05) is 18.2 Å². The van der Waals surface area contributed by atoms with Gasteiger partial charge in [-0.2, -0.15) is 4.58 Å². The lowest BCUT2D eigenvalue weighted by Gasteiger charge is -2.23. The maximum absolute atomic E-state index is 6.12. The highest BCUT2D eigenvalue weighted by atomic mass is 16.5. The highest BCUT2D eigenvalue weighted by Gasteiger charge is 2.39. The molecule has 3 aromatic carbocycles. The number of para-hydroxylation sites is 1. The zero-order chi connectivity index (χ0) is 22.3. The summed E-state index contributed by atoms with van der Waals surface area (Å²) in [7, 11) is 2.17. The molecule has 32 heavy (non-hydrogen) atoms. The maximum atomic E-state index is 6.12. The van der Waals surface area contributed by atoms with E-state index < -0.39 is 0 Å². The fourth-order valence-electron chi connectivity index (χ4n) is 5.11. The fraction of sp³-hybridized carbons (Fsp3) is 0.276. The molecule has 2 aliphatic rings. The Kier molecular flexibility index (Phi) is 5.13. The summed E-state index contributed by atoms with van der Waals surface area (Å²) in [5.41, 5.74) is 7.68. The molecule has 0 aromatic heterocycles. The normalized spacial score (nSPS) is 21.1. The van der Waals surface area contributed by atoms with Crippen LogP contribution in [-0.2, 0) is 18.4 Å². The predicted molar refractivity (Wildman–Crippen MR) is 132 cm³/mol. The van der Waals surface area contributed by atoms with Crippen LogP contribution in [0.25, 0.3) is 0 Å². The molecule has 2 heterocycles. The summed E-state index contributed by atoms with van der Waals surface area (Å²) in [4.78, 5) is 2.32. The van der Waals surface area contributed by atoms with E-state index in [0.717, 1.165) is 12.2 Å². The third kappa shape index (κ3) is 3.52. The summed E-state index contributed by atoms with van der Waals surface area (Å²) in [5.74, 6) is 0.918. The molecule has 3 nitrogen and oxygen atoms in total. The molecule has 3 aromatic rings. The SMILES string of the molecule is CC1Cc2ccccc2[N+]1=CC=C1N(C)c2ccc(OCc3ccccc3)cc2C1(C)C. The van der Waals surface area contributed by atoms with Crippen molar-refractivity contribution in [2.24, 2.45) is 0 Å². The van der Waals surface area contributed by atoms with Crippen molar-refractivity contribution in [2.45, 2.75) is 45.3 Å². The van der Waals surface area contributed by atoms with Crippen LogP contribution in [-0.4, -0.2) is 23.9 Å². The predicted octanol–water partition coefficient (Wildman–Crippen LogP) is 6.24. The first-order chi connectivity index (χ1) is 15.4. The minimum Gasteiger partial charge on any atom is -0.489 e. The van der Waals surface area contributed by atoms with Crippen molar-refractivity contribution in [3.05, 3.63) is 101 Å². The number of nitrogens with zero attached hydrogens (tertiary/aromatic N) is 2. The summed E-state index contributed by atoms with van der Waals surface area (Å²) >= 11 is 0. The fourth-order valence-corrected chi connectivity index (χ4v) is 5.11. The van der Waals surface area contributed by atoms with Gasteiger partial charge in [0.2, 0.25) is 5.69 Å². The molecule has 0 aliphatic carbocycles. The van der Waals surface area contributed by atoms with Crippen LogP contribution in [0.2, 0.25) is 0 Å². The zero-order valence-corrected chi connectivity index (χ0v) is 19.4. The van der Waals surface area contributed by atoms with E-state index in [2.05, 4.69) is 104 Å². The van der Waals surface area contributed by atoms with Gasteiger partial charge in [0, 0.05) is 48.0 Å². The number of ether oxygens (including phenoxy) is 1. The van der Waals surface area contributed by atoms with Gasteiger partial charge in [0.05, 0.1) is 0 Å². The van der Waals surface area contributed by atoms with Gasteiger partial charge in [-0.05, 0) is 36.2 Å². The van der Waals surface area contributed by atoms with Crippen molar-refractivity contribution in [2.75, 3.05) is 11.9 Å². The Balaban J connectivity index is 1.44. The average Bonchev–Trinajstić information content (AvgIpc) is 3.22. The molecule has 2 aliphatic heterocycles. The minimum absolute atomic E-state index is 0.102. The molecule has 0 radical (unpaired) electrons. The third-order valence-corrected chi connectivity index (χ3v) is 6.91. The van der Waals surface area contributed by atoms with Crippen molar-refractivity contribution in [3.8, 4) is 5.75 Å². The van der Waals surface area contributed by atoms with Crippen LogP contribution in [0.5, 0.6) is 5.75 Å². The topological polar surface area (TPSA) is 15.5 Å². The Labute approximate surface area is 191 Å². The first kappa shape index (κ1) is 20.6. The first-order valence-electron chi connectivity index (χ1n) is 11.4. The Morgan fingerprint density at radius 1 is 1.03 bits per heavy atom. The standard InChI is InChI=1S/C29H31N2O/c1-21-18-23-12-8-9-13-26(23)31(21)17-16-28-29(2,3)25-19-24(14-15-27(25)30(28)4)32-20-22-10-6-5-7-11-22/h5-17,19,21H,18,20H2,1-4H3/q+1. The van der Waals surface area contributed by atoms with Gasteiger partial charge in [-0.3, -0.25) is 0 Å². The second-order valence-electron chi connectivity index (χ2n) is 9.43. The van der Waals surface area contributed by atoms with Crippen LogP contribution in [0.4, 0.5) is 11.4 Å². The van der Waals surface area contributed by atoms with Crippen molar-refractivity contribution in [1.82, 2.24) is 0 Å². The molecule has 162 valence electrons. The highest BCUT2D eigenvalue weighted by molar-refractivity contribution is 5.78. The van der Waals surface area contributed by atoms with Crippen molar-refractivity contribution in [1.29, 1.82) is 0 Å². The Hall–Kier alpha value is -3.33. The number of anilines is 1. The molecular formula is C29H31N2O+. The number of likely N-dealkylation sites (N-methyl/N-ethyl adjacent to an activating group) is 1. The van der Waals surface area contributed by atoms with E-state index in [1.165, 1.54) is 33.8 Å². The molecule has 0 N–H and O–H groups in total. The molecule has 5 rings (SSSR count). The van der Waals surface area contributed by atoms with Gasteiger partial charge < -0.3 is 9.64 Å². The van der Waals surface area contributed by atoms with Crippen LogP contribution < -0.4 is 9.64 Å². The van der Waals surface area contributed by atoms with Crippen LogP contribution in [0.3, 0.4) is 0 Å². The molecule has 0 bridgehead atoms. The Bertz CT molecular complexity index is 1210. The monoisotopic (exact) mass is 423 g/mol. The molecular weight excluding hydrogens is 392 g/mol. The average molecular weight is 424 g/mol. The Morgan fingerprint density at radius 3 is 2.59 bits per heavy atom. The first-order valence-corrected chi connectivity index (χ1v) is 11.4. The second-order valence-corrected chi connectivity index (χ2v) is 9.43. The van der Waals surface area contributed by atoms with Crippen molar-refractivity contribution >= 4 is 17.6 Å². The molecule has 1 atom stereocenters. The molecule has 0 fully saturated rings. The van der Waals surface area contributed by atoms with E-state index in [0.29, 0.717) is 12.6 Å². The Morgan fingerprint density at radius 2 is 1.78 bits per heavy atom. The summed E-state index contributed by atoms with van der Waals surface area (Å²) in [6.07, 6.45) is 5.66. The van der Waals surface area contributed by atoms with E-state index in [-0.39, 0.29) is 5.41 Å². The number of fused-ring (bicyclic) bond motifs is 2. The number of benzene rings is 3. The van der Waals surface area contributed by atoms with Gasteiger partial charge in [0.1, 0.15) is 12.4 Å². The zero-order valence-electron chi connectivity index (χ0n) is 19.4. The van der Waals surface area contributed by atoms with Crippen molar-refractivity contribution < 1.29 is 9.31 Å². The summed E-state index contributed by atoms with van der Waals surface area (Å²) < 4.78 is 8.53. The summed E-state index contributed by atoms with van der Waals surface area (Å²) in [6, 6.07) is 26.0. The largest absolute Gasteiger partial charge is 0.489 e. The van der Waals surface area contributed by atoms with Gasteiger partial charge in [0.25, 0.3) is 0 Å². The molecule has 0 amide bonds. The van der Waals surface area contributed by atoms with Crippen molar-refractivity contribution in [3.63, 3.8) is 0 Å². The number of allylic oxidation sites excluding steroid dienone is 2. The molecule has 0 saturated heterocycles. The lowest BCUT2D eigenvalue weighted by Crippen LogP contribution is -2.24. The number of rotatable bonds is 4. The van der Waals surface area contributed by atoms with E-state index in [1.54, 1.807) is 0 Å². The van der Waals surface area contributed by atoms with Gasteiger partial charge in [-0.25, -0.2) is 0 Å². The molecule has 1 unspecified atom stereocenters. The van der Waals surface area contributed by atoms with E-state index in [9.17, 15) is 0 Å². The van der Waals surface area contributed by atoms with Crippen LogP contribution in [0.1, 0.15) is 37.5 Å². The molecule has 3 heteroatoms. The van der Waals surface area contributed by atoms with Gasteiger partial charge >= 0.3 is 0 Å². The van der Waals surface area contributed by atoms with Crippen LogP contribution >= 0.6 is 0 Å². The molecule has 0 saturated carbocycles. The van der Waals surface area contributed by atoms with Gasteiger partial charge in [-0.15, -0.1) is 0 Å². The van der Waals surface area contributed by atoms with Crippen LogP contribution in [0, 0.1) is 0 Å². The quantitative estimate of drug-likeness (QED) is 0.462. The second kappa shape index (κ2) is 7.98. The summed E-state index contributed by atoms with van der Waals surface area (Å²) in [6.45, 7) is 7.48. The minimum atomic E-state index is -0.102. The lowest BCUT2D eigenvalue weighted by atomic mass is 9.83. The number of hydrogen-bond donors (Lipinski definition) is 0. The third-order valence-electron chi connectivity index (χ3n) is 6.91. The van der Waals surface area contributed by atoms with E-state index >= 15 is 0 Å². The smallest absolute Gasteiger partial charge is 0.208 e. The maximum Gasteiger partial charge on any atom is 0.208 e.